The third-order valence-corrected chi connectivity index (χ3v) is 4.10. The lowest BCUT2D eigenvalue weighted by Crippen LogP contribution is -2.39. The molecule has 0 radical (unpaired) electrons. The van der Waals surface area contributed by atoms with E-state index in [1.54, 1.807) is 9.80 Å². The summed E-state index contributed by atoms with van der Waals surface area (Å²) in [6.45, 7) is 0.978. The van der Waals surface area contributed by atoms with Crippen molar-refractivity contribution >= 4 is 23.3 Å². The predicted molar refractivity (Wildman–Crippen MR) is 83.9 cm³/mol. The molecule has 1 heterocycles. The van der Waals surface area contributed by atoms with Gasteiger partial charge in [-0.2, -0.15) is 0 Å². The second-order valence-electron chi connectivity index (χ2n) is 5.74. The number of nitrogens with one attached hydrogen (secondary N) is 1. The summed E-state index contributed by atoms with van der Waals surface area (Å²) < 4.78 is 0. The minimum Gasteiger partial charge on any atom is -0.395 e. The Morgan fingerprint density at radius 1 is 1.36 bits per heavy atom. The second-order valence-corrected chi connectivity index (χ2v) is 5.74. The Balaban J connectivity index is 1.77. The number of benzene rings is 1. The van der Waals surface area contributed by atoms with E-state index in [0.717, 1.165) is 24.9 Å². The lowest BCUT2D eigenvalue weighted by molar-refractivity contribution is -0.117. The van der Waals surface area contributed by atoms with E-state index in [1.165, 1.54) is 0 Å². The van der Waals surface area contributed by atoms with Crippen LogP contribution in [0.25, 0.3) is 0 Å². The van der Waals surface area contributed by atoms with Crippen LogP contribution >= 0.6 is 0 Å². The van der Waals surface area contributed by atoms with Gasteiger partial charge in [-0.15, -0.1) is 0 Å². The first-order valence-electron chi connectivity index (χ1n) is 7.78. The summed E-state index contributed by atoms with van der Waals surface area (Å²) in [7, 11) is 0. The number of carbonyl (C=O) groups is 2. The average molecular weight is 303 g/mol. The molecule has 0 unspecified atom stereocenters. The molecule has 2 aliphatic rings. The molecule has 6 nitrogen and oxygen atoms in total. The van der Waals surface area contributed by atoms with E-state index in [4.69, 9.17) is 5.11 Å². The molecule has 1 aromatic rings. The standard InChI is InChI=1S/C16H21N3O3/c20-11-10-18(12-7-8-12)16(22)17-13-4-1-2-5-14(13)19-9-3-6-15(19)21/h1-2,4-5,12,20H,3,6-11H2,(H,17,22). The van der Waals surface area contributed by atoms with Crippen LogP contribution in [0.15, 0.2) is 24.3 Å². The zero-order chi connectivity index (χ0) is 15.5. The lowest BCUT2D eigenvalue weighted by Gasteiger charge is -2.24. The summed E-state index contributed by atoms with van der Waals surface area (Å²) in [6, 6.07) is 7.38. The molecule has 118 valence electrons. The van der Waals surface area contributed by atoms with Crippen LogP contribution in [0.1, 0.15) is 25.7 Å². The van der Waals surface area contributed by atoms with Crippen molar-refractivity contribution in [3.63, 3.8) is 0 Å². The van der Waals surface area contributed by atoms with Gasteiger partial charge in [0.1, 0.15) is 0 Å². The van der Waals surface area contributed by atoms with Crippen LogP contribution in [0.2, 0.25) is 0 Å². The summed E-state index contributed by atoms with van der Waals surface area (Å²) in [5, 5.41) is 12.0. The number of rotatable bonds is 5. The fourth-order valence-corrected chi connectivity index (χ4v) is 2.85. The van der Waals surface area contributed by atoms with E-state index in [1.807, 2.05) is 24.3 Å². The minimum absolute atomic E-state index is 0.0455. The summed E-state index contributed by atoms with van der Waals surface area (Å²) >= 11 is 0. The smallest absolute Gasteiger partial charge is 0.322 e. The Morgan fingerprint density at radius 2 is 2.14 bits per heavy atom. The van der Waals surface area contributed by atoms with Crippen molar-refractivity contribution in [1.29, 1.82) is 0 Å². The number of amides is 3. The van der Waals surface area contributed by atoms with Crippen molar-refractivity contribution in [3.05, 3.63) is 24.3 Å². The van der Waals surface area contributed by atoms with Crippen LogP contribution in [0.3, 0.4) is 0 Å². The summed E-state index contributed by atoms with van der Waals surface area (Å²) in [5.41, 5.74) is 1.39. The Hall–Kier alpha value is -2.08. The third kappa shape index (κ3) is 3.06. The number of anilines is 2. The number of carbonyl (C=O) groups excluding carboxylic acids is 2. The highest BCUT2D eigenvalue weighted by Gasteiger charge is 2.33. The molecule has 1 aromatic carbocycles. The van der Waals surface area contributed by atoms with Crippen LogP contribution in [0.5, 0.6) is 0 Å². The van der Waals surface area contributed by atoms with Gasteiger partial charge in [-0.3, -0.25) is 4.79 Å². The number of hydrogen-bond acceptors (Lipinski definition) is 3. The van der Waals surface area contributed by atoms with E-state index in [2.05, 4.69) is 5.32 Å². The van der Waals surface area contributed by atoms with Crippen molar-refractivity contribution in [1.82, 2.24) is 4.90 Å². The number of nitrogens with zero attached hydrogens (tertiary/aromatic N) is 2. The molecule has 6 heteroatoms. The molecule has 0 aromatic heterocycles. The molecule has 3 amide bonds. The zero-order valence-electron chi connectivity index (χ0n) is 12.5. The fraction of sp³-hybridized carbons (Fsp3) is 0.500. The van der Waals surface area contributed by atoms with Gasteiger partial charge < -0.3 is 20.2 Å². The summed E-state index contributed by atoms with van der Waals surface area (Å²) in [6.07, 6.45) is 3.38. The summed E-state index contributed by atoms with van der Waals surface area (Å²) in [5.74, 6) is 0.0936. The van der Waals surface area contributed by atoms with Gasteiger partial charge >= 0.3 is 6.03 Å². The largest absolute Gasteiger partial charge is 0.395 e. The van der Waals surface area contributed by atoms with Gasteiger partial charge in [-0.05, 0) is 31.4 Å². The molecule has 3 rings (SSSR count). The molecule has 1 aliphatic carbocycles. The third-order valence-electron chi connectivity index (χ3n) is 4.10. The molecular formula is C16H21N3O3. The number of para-hydroxylation sites is 2. The molecule has 0 atom stereocenters. The zero-order valence-corrected chi connectivity index (χ0v) is 12.5. The van der Waals surface area contributed by atoms with E-state index in [-0.39, 0.29) is 24.6 Å². The Labute approximate surface area is 129 Å². The van der Waals surface area contributed by atoms with E-state index < -0.39 is 0 Å². The van der Waals surface area contributed by atoms with Crippen LogP contribution < -0.4 is 10.2 Å². The normalized spacial score (nSPS) is 17.7. The monoisotopic (exact) mass is 303 g/mol. The van der Waals surface area contributed by atoms with E-state index in [9.17, 15) is 9.59 Å². The number of aliphatic hydroxyl groups excluding tert-OH is 1. The van der Waals surface area contributed by atoms with Crippen molar-refractivity contribution in [3.8, 4) is 0 Å². The minimum atomic E-state index is -0.212. The first kappa shape index (κ1) is 14.8. The van der Waals surface area contributed by atoms with Gasteiger partial charge in [0.25, 0.3) is 0 Å². The fourth-order valence-electron chi connectivity index (χ4n) is 2.85. The molecule has 0 spiro atoms. The van der Waals surface area contributed by atoms with Crippen molar-refractivity contribution < 1.29 is 14.7 Å². The van der Waals surface area contributed by atoms with Crippen molar-refractivity contribution in [2.45, 2.75) is 31.7 Å². The van der Waals surface area contributed by atoms with Gasteiger partial charge in [0.15, 0.2) is 0 Å². The molecule has 2 fully saturated rings. The van der Waals surface area contributed by atoms with Crippen LogP contribution in [-0.2, 0) is 4.79 Å². The van der Waals surface area contributed by atoms with Gasteiger partial charge in [0.2, 0.25) is 5.91 Å². The maximum atomic E-state index is 12.4. The molecule has 1 aliphatic heterocycles. The highest BCUT2D eigenvalue weighted by Crippen LogP contribution is 2.31. The average Bonchev–Trinajstić information content (AvgIpc) is 3.27. The quantitative estimate of drug-likeness (QED) is 0.871. The maximum Gasteiger partial charge on any atom is 0.322 e. The topological polar surface area (TPSA) is 72.9 Å². The first-order chi connectivity index (χ1) is 10.7. The summed E-state index contributed by atoms with van der Waals surface area (Å²) in [4.78, 5) is 27.8. The van der Waals surface area contributed by atoms with Crippen molar-refractivity contribution in [2.75, 3.05) is 29.9 Å². The van der Waals surface area contributed by atoms with Gasteiger partial charge in [-0.1, -0.05) is 12.1 Å². The second kappa shape index (κ2) is 6.36. The van der Waals surface area contributed by atoms with Crippen LogP contribution in [0.4, 0.5) is 16.2 Å². The Morgan fingerprint density at radius 3 is 2.77 bits per heavy atom. The number of urea groups is 1. The molecule has 1 saturated heterocycles. The van der Waals surface area contributed by atoms with Crippen molar-refractivity contribution in [2.24, 2.45) is 0 Å². The molecule has 2 N–H and O–H groups in total. The molecular weight excluding hydrogens is 282 g/mol. The highest BCUT2D eigenvalue weighted by molar-refractivity contribution is 6.01. The highest BCUT2D eigenvalue weighted by atomic mass is 16.3. The number of hydrogen-bond donors (Lipinski definition) is 2. The Kier molecular flexibility index (Phi) is 4.29. The van der Waals surface area contributed by atoms with Gasteiger partial charge in [0.05, 0.1) is 18.0 Å². The van der Waals surface area contributed by atoms with E-state index in [0.29, 0.717) is 25.2 Å². The molecule has 22 heavy (non-hydrogen) atoms. The van der Waals surface area contributed by atoms with Gasteiger partial charge in [0, 0.05) is 25.6 Å². The molecule has 0 bridgehead atoms. The van der Waals surface area contributed by atoms with Crippen LogP contribution in [-0.4, -0.2) is 47.7 Å². The first-order valence-corrected chi connectivity index (χ1v) is 7.78. The SMILES string of the molecule is O=C1CCCN1c1ccccc1NC(=O)N(CCO)C1CC1. The van der Waals surface area contributed by atoms with E-state index >= 15 is 0 Å². The Bertz CT molecular complexity index is 572. The van der Waals surface area contributed by atoms with Crippen LogP contribution in [0, 0.1) is 0 Å². The predicted octanol–water partition coefficient (Wildman–Crippen LogP) is 1.80. The van der Waals surface area contributed by atoms with Gasteiger partial charge in [-0.25, -0.2) is 4.79 Å². The molecule has 1 saturated carbocycles. The lowest BCUT2D eigenvalue weighted by atomic mass is 10.2. The maximum absolute atomic E-state index is 12.4. The number of aliphatic hydroxyl groups is 1.